The summed E-state index contributed by atoms with van der Waals surface area (Å²) in [6, 6.07) is 8.92. The summed E-state index contributed by atoms with van der Waals surface area (Å²) in [7, 11) is 0. The minimum absolute atomic E-state index is 0.500. The Morgan fingerprint density at radius 1 is 1.47 bits per heavy atom. The van der Waals surface area contributed by atoms with Crippen LogP contribution in [0.15, 0.2) is 30.3 Å². The van der Waals surface area contributed by atoms with E-state index in [4.69, 9.17) is 5.11 Å². The quantitative estimate of drug-likeness (QED) is 0.780. The van der Waals surface area contributed by atoms with Crippen molar-refractivity contribution < 1.29 is 9.90 Å². The summed E-state index contributed by atoms with van der Waals surface area (Å²) >= 11 is 1.65. The summed E-state index contributed by atoms with van der Waals surface area (Å²) in [5.41, 5.74) is 0.853. The average molecular weight is 225 g/mol. The zero-order chi connectivity index (χ0) is 11.1. The molecule has 0 aliphatic rings. The molecule has 0 heterocycles. The Morgan fingerprint density at radius 2 is 2.13 bits per heavy atom. The fraction of sp³-hybridized carbons (Fsp3) is 0.364. The molecule has 0 saturated carbocycles. The van der Waals surface area contributed by atoms with Gasteiger partial charge in [-0.3, -0.25) is 0 Å². The van der Waals surface area contributed by atoms with Crippen molar-refractivity contribution in [1.82, 2.24) is 0 Å². The van der Waals surface area contributed by atoms with Crippen molar-refractivity contribution in [3.63, 3.8) is 0 Å². The molecule has 82 valence electrons. The molecule has 0 radical (unpaired) electrons. The van der Waals surface area contributed by atoms with Crippen LogP contribution in [-0.4, -0.2) is 29.1 Å². The van der Waals surface area contributed by atoms with Crippen molar-refractivity contribution >= 4 is 23.4 Å². The molecule has 1 aromatic carbocycles. The molecule has 0 amide bonds. The van der Waals surface area contributed by atoms with Crippen LogP contribution in [0.5, 0.6) is 0 Å². The van der Waals surface area contributed by atoms with Gasteiger partial charge in [0.25, 0.3) is 0 Å². The summed E-state index contributed by atoms with van der Waals surface area (Å²) in [6.07, 6.45) is 2.60. The highest BCUT2D eigenvalue weighted by molar-refractivity contribution is 7.98. The van der Waals surface area contributed by atoms with Crippen LogP contribution in [0.25, 0.3) is 0 Å². The van der Waals surface area contributed by atoms with Crippen molar-refractivity contribution in [2.24, 2.45) is 0 Å². The topological polar surface area (TPSA) is 49.3 Å². The summed E-state index contributed by atoms with van der Waals surface area (Å²) in [5, 5.41) is 12.0. The van der Waals surface area contributed by atoms with E-state index in [1.165, 1.54) is 0 Å². The Kier molecular flexibility index (Phi) is 5.04. The van der Waals surface area contributed by atoms with Gasteiger partial charge in [-0.05, 0) is 30.6 Å². The molecule has 0 bridgehead atoms. The highest BCUT2D eigenvalue weighted by Gasteiger charge is 2.15. The van der Waals surface area contributed by atoms with E-state index in [1.807, 2.05) is 36.6 Å². The van der Waals surface area contributed by atoms with Crippen LogP contribution in [0.1, 0.15) is 6.42 Å². The first-order valence-corrected chi connectivity index (χ1v) is 6.16. The Bertz CT molecular complexity index is 303. The number of thioether (sulfide) groups is 1. The third-order valence-corrected chi connectivity index (χ3v) is 2.67. The number of nitrogens with one attached hydrogen (secondary N) is 1. The molecule has 1 unspecified atom stereocenters. The second-order valence-electron chi connectivity index (χ2n) is 3.18. The predicted octanol–water partition coefficient (Wildman–Crippen LogP) is 2.30. The zero-order valence-corrected chi connectivity index (χ0v) is 9.46. The summed E-state index contributed by atoms with van der Waals surface area (Å²) in [6.45, 7) is 0. The van der Waals surface area contributed by atoms with Gasteiger partial charge in [-0.2, -0.15) is 11.8 Å². The fourth-order valence-electron chi connectivity index (χ4n) is 1.23. The third kappa shape index (κ3) is 4.25. The van der Waals surface area contributed by atoms with E-state index in [1.54, 1.807) is 11.8 Å². The minimum atomic E-state index is -0.798. The summed E-state index contributed by atoms with van der Waals surface area (Å²) < 4.78 is 0. The molecule has 2 N–H and O–H groups in total. The molecule has 0 spiro atoms. The molecule has 1 aromatic rings. The highest BCUT2D eigenvalue weighted by Crippen LogP contribution is 2.10. The Hall–Kier alpha value is -1.16. The van der Waals surface area contributed by atoms with Crippen molar-refractivity contribution in [1.29, 1.82) is 0 Å². The largest absolute Gasteiger partial charge is 0.480 e. The summed E-state index contributed by atoms with van der Waals surface area (Å²) in [5.74, 6) is 0.0458. The SMILES string of the molecule is CSCCC(Nc1ccccc1)C(=O)O. The van der Waals surface area contributed by atoms with Gasteiger partial charge < -0.3 is 10.4 Å². The predicted molar refractivity (Wildman–Crippen MR) is 64.5 cm³/mol. The molecule has 1 atom stereocenters. The standard InChI is InChI=1S/C11H15NO2S/c1-15-8-7-10(11(13)14)12-9-5-3-2-4-6-9/h2-6,10,12H,7-8H2,1H3,(H,13,14). The van der Waals surface area contributed by atoms with Gasteiger partial charge in [-0.1, -0.05) is 18.2 Å². The molecule has 0 aliphatic carbocycles. The third-order valence-electron chi connectivity index (χ3n) is 2.02. The van der Waals surface area contributed by atoms with Crippen LogP contribution >= 0.6 is 11.8 Å². The number of para-hydroxylation sites is 1. The molecule has 1 rings (SSSR count). The lowest BCUT2D eigenvalue weighted by atomic mass is 10.2. The lowest BCUT2D eigenvalue weighted by Gasteiger charge is -2.14. The van der Waals surface area contributed by atoms with Crippen LogP contribution in [0, 0.1) is 0 Å². The van der Waals surface area contributed by atoms with Crippen LogP contribution in [0.2, 0.25) is 0 Å². The lowest BCUT2D eigenvalue weighted by Crippen LogP contribution is -2.29. The maximum Gasteiger partial charge on any atom is 0.326 e. The first-order chi connectivity index (χ1) is 7.24. The Labute approximate surface area is 93.9 Å². The monoisotopic (exact) mass is 225 g/mol. The van der Waals surface area contributed by atoms with Crippen LogP contribution in [0.3, 0.4) is 0 Å². The van der Waals surface area contributed by atoms with Gasteiger partial charge in [0.2, 0.25) is 0 Å². The van der Waals surface area contributed by atoms with Gasteiger partial charge in [-0.15, -0.1) is 0 Å². The van der Waals surface area contributed by atoms with Crippen LogP contribution in [0.4, 0.5) is 5.69 Å². The molecular weight excluding hydrogens is 210 g/mol. The Balaban J connectivity index is 2.55. The maximum absolute atomic E-state index is 10.9. The maximum atomic E-state index is 10.9. The van der Waals surface area contributed by atoms with Crippen LogP contribution < -0.4 is 5.32 Å². The fourth-order valence-corrected chi connectivity index (χ4v) is 1.70. The number of benzene rings is 1. The molecule has 0 aliphatic heterocycles. The second kappa shape index (κ2) is 6.35. The first-order valence-electron chi connectivity index (χ1n) is 4.77. The van der Waals surface area contributed by atoms with Gasteiger partial charge in [0.05, 0.1) is 0 Å². The van der Waals surface area contributed by atoms with Crippen LogP contribution in [-0.2, 0) is 4.79 Å². The van der Waals surface area contributed by atoms with Gasteiger partial charge in [-0.25, -0.2) is 4.79 Å². The van der Waals surface area contributed by atoms with E-state index < -0.39 is 12.0 Å². The van der Waals surface area contributed by atoms with Crippen molar-refractivity contribution in [2.75, 3.05) is 17.3 Å². The van der Waals surface area contributed by atoms with Gasteiger partial charge in [0, 0.05) is 5.69 Å². The number of aliphatic carboxylic acids is 1. The number of carboxylic acid groups (broad SMARTS) is 1. The van der Waals surface area contributed by atoms with E-state index in [0.29, 0.717) is 6.42 Å². The number of anilines is 1. The van der Waals surface area contributed by atoms with Gasteiger partial charge >= 0.3 is 5.97 Å². The normalized spacial score (nSPS) is 12.1. The number of carbonyl (C=O) groups is 1. The van der Waals surface area contributed by atoms with Gasteiger partial charge in [0.1, 0.15) is 6.04 Å². The number of carboxylic acids is 1. The molecule has 0 aromatic heterocycles. The second-order valence-corrected chi connectivity index (χ2v) is 4.17. The molecule has 0 saturated heterocycles. The Morgan fingerprint density at radius 3 is 2.67 bits per heavy atom. The minimum Gasteiger partial charge on any atom is -0.480 e. The van der Waals surface area contributed by atoms with Crippen molar-refractivity contribution in [3.05, 3.63) is 30.3 Å². The summed E-state index contributed by atoms with van der Waals surface area (Å²) in [4.78, 5) is 10.9. The lowest BCUT2D eigenvalue weighted by molar-refractivity contribution is -0.137. The van der Waals surface area contributed by atoms with E-state index in [-0.39, 0.29) is 0 Å². The molecular formula is C11H15NO2S. The molecule has 3 nitrogen and oxygen atoms in total. The smallest absolute Gasteiger partial charge is 0.326 e. The van der Waals surface area contributed by atoms with Crippen molar-refractivity contribution in [3.8, 4) is 0 Å². The number of hydrogen-bond acceptors (Lipinski definition) is 3. The van der Waals surface area contributed by atoms with E-state index in [9.17, 15) is 4.79 Å². The number of rotatable bonds is 6. The zero-order valence-electron chi connectivity index (χ0n) is 8.64. The van der Waals surface area contributed by atoms with Crippen molar-refractivity contribution in [2.45, 2.75) is 12.5 Å². The first kappa shape index (κ1) is 11.9. The van der Waals surface area contributed by atoms with Gasteiger partial charge in [0.15, 0.2) is 0 Å². The highest BCUT2D eigenvalue weighted by atomic mass is 32.2. The molecule has 0 fully saturated rings. The molecule has 15 heavy (non-hydrogen) atoms. The van der Waals surface area contributed by atoms with E-state index in [2.05, 4.69) is 5.32 Å². The number of hydrogen-bond donors (Lipinski definition) is 2. The average Bonchev–Trinajstić information content (AvgIpc) is 2.25. The van der Waals surface area contributed by atoms with E-state index in [0.717, 1.165) is 11.4 Å². The van der Waals surface area contributed by atoms with E-state index >= 15 is 0 Å². The molecule has 4 heteroatoms.